The number of benzene rings is 3. The quantitative estimate of drug-likeness (QED) is 0.323. The molecule has 0 bridgehead atoms. The Hall–Kier alpha value is -3.87. The highest BCUT2D eigenvalue weighted by atomic mass is 16.4. The lowest BCUT2D eigenvalue weighted by Gasteiger charge is -2.28. The fraction of sp³-hybridized carbons (Fsp3) is 0.345. The molecule has 0 saturated heterocycles. The maximum Gasteiger partial charge on any atom is 0.326 e. The summed E-state index contributed by atoms with van der Waals surface area (Å²) in [4.78, 5) is 38.2. The van der Waals surface area contributed by atoms with Gasteiger partial charge >= 0.3 is 12.0 Å². The molecule has 2 aliphatic rings. The summed E-state index contributed by atoms with van der Waals surface area (Å²) >= 11 is 0. The van der Waals surface area contributed by atoms with Crippen molar-refractivity contribution in [1.29, 1.82) is 0 Å². The third-order valence-corrected chi connectivity index (χ3v) is 7.27. The Kier molecular flexibility index (Phi) is 6.89. The third-order valence-electron chi connectivity index (χ3n) is 7.27. The average molecular weight is 486 g/mol. The van der Waals surface area contributed by atoms with Gasteiger partial charge in [0.25, 0.3) is 5.91 Å². The van der Waals surface area contributed by atoms with Gasteiger partial charge in [0.15, 0.2) is 0 Å². The van der Waals surface area contributed by atoms with Crippen LogP contribution in [0.4, 0.5) is 16.2 Å². The maximum absolute atomic E-state index is 13.4. The van der Waals surface area contributed by atoms with E-state index < -0.39 is 23.9 Å². The summed E-state index contributed by atoms with van der Waals surface area (Å²) < 4.78 is 0. The number of fused-ring (bicyclic) bond motifs is 1. The number of carbonyl (C=O) groups excluding carboxylic acids is 2. The normalized spacial score (nSPS) is 16.8. The van der Waals surface area contributed by atoms with Crippen molar-refractivity contribution < 1.29 is 19.5 Å². The number of amides is 3. The number of urea groups is 1. The molecule has 2 fully saturated rings. The smallest absolute Gasteiger partial charge is 0.326 e. The molecular formula is C29H31N3O4. The van der Waals surface area contributed by atoms with Crippen LogP contribution in [0, 0.1) is 5.92 Å². The van der Waals surface area contributed by atoms with E-state index in [0.717, 1.165) is 42.9 Å². The summed E-state index contributed by atoms with van der Waals surface area (Å²) in [7, 11) is 0. The Balaban J connectivity index is 1.37. The predicted octanol–water partition coefficient (Wildman–Crippen LogP) is 6.12. The van der Waals surface area contributed by atoms with E-state index in [0.29, 0.717) is 17.3 Å². The first-order valence-electron chi connectivity index (χ1n) is 12.7. The molecule has 3 aromatic rings. The second-order valence-electron chi connectivity index (χ2n) is 9.91. The van der Waals surface area contributed by atoms with Crippen LogP contribution in [0.2, 0.25) is 0 Å². The molecular weight excluding hydrogens is 454 g/mol. The van der Waals surface area contributed by atoms with E-state index in [1.54, 1.807) is 12.1 Å². The van der Waals surface area contributed by atoms with Gasteiger partial charge in [-0.2, -0.15) is 0 Å². The van der Waals surface area contributed by atoms with E-state index in [2.05, 4.69) is 16.0 Å². The van der Waals surface area contributed by atoms with Gasteiger partial charge < -0.3 is 21.1 Å². The molecule has 3 amide bonds. The molecule has 36 heavy (non-hydrogen) atoms. The molecule has 7 heteroatoms. The van der Waals surface area contributed by atoms with Gasteiger partial charge in [0.2, 0.25) is 0 Å². The monoisotopic (exact) mass is 485 g/mol. The highest BCUT2D eigenvalue weighted by molar-refractivity contribution is 6.10. The largest absolute Gasteiger partial charge is 0.480 e. The number of hydrogen-bond acceptors (Lipinski definition) is 3. The fourth-order valence-corrected chi connectivity index (χ4v) is 5.14. The van der Waals surface area contributed by atoms with Gasteiger partial charge in [0, 0.05) is 5.69 Å². The molecule has 1 atom stereocenters. The molecule has 3 aromatic carbocycles. The van der Waals surface area contributed by atoms with Gasteiger partial charge in [-0.3, -0.25) is 4.79 Å². The van der Waals surface area contributed by atoms with Crippen LogP contribution in [0.5, 0.6) is 0 Å². The number of carboxylic acids is 1. The third kappa shape index (κ3) is 5.51. The summed E-state index contributed by atoms with van der Waals surface area (Å²) in [5.41, 5.74) is 2.49. The lowest BCUT2D eigenvalue weighted by molar-refractivity contribution is -0.141. The molecule has 0 aromatic heterocycles. The Bertz CT molecular complexity index is 1280. The zero-order chi connectivity index (χ0) is 25.1. The molecule has 2 saturated carbocycles. The van der Waals surface area contributed by atoms with Crippen molar-refractivity contribution in [3.05, 3.63) is 71.8 Å². The molecule has 186 valence electrons. The Morgan fingerprint density at radius 2 is 1.47 bits per heavy atom. The number of nitrogens with one attached hydrogen (secondary N) is 3. The molecule has 0 radical (unpaired) electrons. The topological polar surface area (TPSA) is 108 Å². The fourth-order valence-electron chi connectivity index (χ4n) is 5.14. The summed E-state index contributed by atoms with van der Waals surface area (Å²) in [6, 6.07) is 17.4. The van der Waals surface area contributed by atoms with Crippen LogP contribution in [-0.2, 0) is 4.79 Å². The van der Waals surface area contributed by atoms with Crippen molar-refractivity contribution in [2.24, 2.45) is 5.92 Å². The average Bonchev–Trinajstić information content (AvgIpc) is 3.73. The summed E-state index contributed by atoms with van der Waals surface area (Å²) in [6.45, 7) is 0. The number of aliphatic carboxylic acids is 1. The molecule has 0 heterocycles. The molecule has 0 spiro atoms. The van der Waals surface area contributed by atoms with E-state index in [-0.39, 0.29) is 11.5 Å². The first-order chi connectivity index (χ1) is 17.5. The SMILES string of the molecule is O=C(Nc1ccc(C2CC2)cc1)Nc1cc2ccccc2cc1C(=O)N[C@H](C(=O)O)C1CCCCC1. The summed E-state index contributed by atoms with van der Waals surface area (Å²) in [6.07, 6.45) is 7.01. The minimum absolute atomic E-state index is 0.0982. The van der Waals surface area contributed by atoms with Crippen LogP contribution in [-0.4, -0.2) is 29.1 Å². The first kappa shape index (κ1) is 23.9. The summed E-state index contributed by atoms with van der Waals surface area (Å²) in [5.74, 6) is -1.01. The van der Waals surface area contributed by atoms with E-state index in [9.17, 15) is 19.5 Å². The van der Waals surface area contributed by atoms with Crippen LogP contribution >= 0.6 is 0 Å². The highest BCUT2D eigenvalue weighted by Gasteiger charge is 2.31. The van der Waals surface area contributed by atoms with Crippen molar-refractivity contribution in [2.45, 2.75) is 56.9 Å². The van der Waals surface area contributed by atoms with Gasteiger partial charge in [-0.15, -0.1) is 0 Å². The van der Waals surface area contributed by atoms with E-state index >= 15 is 0 Å². The minimum Gasteiger partial charge on any atom is -0.480 e. The number of hydrogen-bond donors (Lipinski definition) is 4. The van der Waals surface area contributed by atoms with Crippen molar-refractivity contribution >= 4 is 40.1 Å². The number of carbonyl (C=O) groups is 3. The molecule has 5 rings (SSSR count). The van der Waals surface area contributed by atoms with Gasteiger partial charge in [0.05, 0.1) is 11.3 Å². The predicted molar refractivity (Wildman–Crippen MR) is 140 cm³/mol. The van der Waals surface area contributed by atoms with E-state index in [1.165, 1.54) is 18.4 Å². The van der Waals surface area contributed by atoms with Crippen LogP contribution in [0.15, 0.2) is 60.7 Å². The molecule has 2 aliphatic carbocycles. The highest BCUT2D eigenvalue weighted by Crippen LogP contribution is 2.40. The maximum atomic E-state index is 13.4. The first-order valence-corrected chi connectivity index (χ1v) is 12.7. The van der Waals surface area contributed by atoms with E-state index in [1.807, 2.05) is 48.5 Å². The molecule has 7 nitrogen and oxygen atoms in total. The van der Waals surface area contributed by atoms with Crippen molar-refractivity contribution in [3.8, 4) is 0 Å². The Labute approximate surface area is 210 Å². The van der Waals surface area contributed by atoms with Crippen molar-refractivity contribution in [3.63, 3.8) is 0 Å². The van der Waals surface area contributed by atoms with Gasteiger partial charge in [-0.1, -0.05) is 55.7 Å². The molecule has 0 aliphatic heterocycles. The number of rotatable bonds is 7. The molecule has 4 N–H and O–H groups in total. The zero-order valence-corrected chi connectivity index (χ0v) is 20.1. The van der Waals surface area contributed by atoms with Gasteiger partial charge in [-0.25, -0.2) is 9.59 Å². The van der Waals surface area contributed by atoms with Crippen LogP contribution < -0.4 is 16.0 Å². The Morgan fingerprint density at radius 1 is 0.806 bits per heavy atom. The van der Waals surface area contributed by atoms with Crippen molar-refractivity contribution in [1.82, 2.24) is 5.32 Å². The minimum atomic E-state index is -1.03. The van der Waals surface area contributed by atoms with Crippen LogP contribution in [0.25, 0.3) is 10.8 Å². The van der Waals surface area contributed by atoms with Gasteiger partial charge in [-0.05, 0) is 78.1 Å². The second kappa shape index (κ2) is 10.4. The number of anilines is 2. The standard InChI is InChI=1S/C29H31N3O4/c33-27(32-26(28(34)35)20-6-2-1-3-7-20)24-16-21-8-4-5-9-22(21)17-25(24)31-29(36)30-23-14-12-19(13-15-23)18-10-11-18/h4-5,8-9,12-18,20,26H,1-3,6-7,10-11H2,(H,32,33)(H,34,35)(H2,30,31,36)/t26-/m0/s1. The van der Waals surface area contributed by atoms with Crippen LogP contribution in [0.1, 0.15) is 66.8 Å². The van der Waals surface area contributed by atoms with E-state index in [4.69, 9.17) is 0 Å². The lowest BCUT2D eigenvalue weighted by Crippen LogP contribution is -2.46. The lowest BCUT2D eigenvalue weighted by atomic mass is 9.83. The zero-order valence-electron chi connectivity index (χ0n) is 20.1. The number of carboxylic acid groups (broad SMARTS) is 1. The van der Waals surface area contributed by atoms with Crippen molar-refractivity contribution in [2.75, 3.05) is 10.6 Å². The Morgan fingerprint density at radius 3 is 2.11 bits per heavy atom. The van der Waals surface area contributed by atoms with Crippen LogP contribution in [0.3, 0.4) is 0 Å². The van der Waals surface area contributed by atoms with Gasteiger partial charge in [0.1, 0.15) is 6.04 Å². The summed E-state index contributed by atoms with van der Waals surface area (Å²) in [5, 5.41) is 19.9. The second-order valence-corrected chi connectivity index (χ2v) is 9.91. The molecule has 0 unspecified atom stereocenters.